The fourth-order valence-electron chi connectivity index (χ4n) is 6.24. The summed E-state index contributed by atoms with van der Waals surface area (Å²) in [5.41, 5.74) is 3.10. The van der Waals surface area contributed by atoms with Crippen molar-refractivity contribution in [1.29, 1.82) is 0 Å². The van der Waals surface area contributed by atoms with E-state index in [-0.39, 0.29) is 0 Å². The van der Waals surface area contributed by atoms with Crippen LogP contribution in [0.1, 0.15) is 69.9 Å². The van der Waals surface area contributed by atoms with E-state index in [0.717, 1.165) is 36.0 Å². The number of fused-ring (bicyclic) bond motifs is 2. The van der Waals surface area contributed by atoms with Crippen LogP contribution < -0.4 is 4.74 Å². The fourth-order valence-corrected chi connectivity index (χ4v) is 6.24. The summed E-state index contributed by atoms with van der Waals surface area (Å²) in [6.07, 6.45) is 21.0. The Morgan fingerprint density at radius 3 is 2.37 bits per heavy atom. The zero-order chi connectivity index (χ0) is 20.8. The summed E-state index contributed by atoms with van der Waals surface area (Å²) in [6.45, 7) is 5.58. The molecule has 5 atom stereocenters. The highest BCUT2D eigenvalue weighted by atomic mass is 16.5. The fraction of sp³-hybridized carbons (Fsp3) is 0.643. The Morgan fingerprint density at radius 1 is 0.800 bits per heavy atom. The van der Waals surface area contributed by atoms with E-state index >= 15 is 0 Å². The Hall–Kier alpha value is -1.54. The van der Waals surface area contributed by atoms with Gasteiger partial charge in [0.05, 0.1) is 12.7 Å². The lowest BCUT2D eigenvalue weighted by Gasteiger charge is -2.44. The number of aryl methyl sites for hydroxylation is 1. The molecule has 5 unspecified atom stereocenters. The molecule has 2 fully saturated rings. The highest BCUT2D eigenvalue weighted by molar-refractivity contribution is 5.37. The van der Waals surface area contributed by atoms with Gasteiger partial charge in [-0.2, -0.15) is 0 Å². The highest BCUT2D eigenvalue weighted by Crippen LogP contribution is 2.47. The predicted molar refractivity (Wildman–Crippen MR) is 125 cm³/mol. The summed E-state index contributed by atoms with van der Waals surface area (Å²) in [6, 6.07) is 6.81. The molecule has 0 aliphatic heterocycles. The molecule has 2 heteroatoms. The molecule has 0 heterocycles. The average molecular weight is 409 g/mol. The van der Waals surface area contributed by atoms with Gasteiger partial charge in [-0.25, -0.2) is 0 Å². The molecule has 0 saturated heterocycles. The van der Waals surface area contributed by atoms with E-state index in [0.29, 0.717) is 12.7 Å². The highest BCUT2D eigenvalue weighted by Gasteiger charge is 2.38. The van der Waals surface area contributed by atoms with E-state index in [2.05, 4.69) is 43.4 Å². The van der Waals surface area contributed by atoms with E-state index in [1.807, 2.05) is 13.0 Å². The van der Waals surface area contributed by atoms with Gasteiger partial charge in [0.15, 0.2) is 0 Å². The van der Waals surface area contributed by atoms with Gasteiger partial charge < -0.3 is 9.47 Å². The summed E-state index contributed by atoms with van der Waals surface area (Å²) < 4.78 is 11.9. The lowest BCUT2D eigenvalue weighted by Crippen LogP contribution is -2.37. The van der Waals surface area contributed by atoms with Gasteiger partial charge in [0.2, 0.25) is 0 Å². The second-order valence-corrected chi connectivity index (χ2v) is 9.74. The molecule has 0 spiro atoms. The maximum atomic E-state index is 6.09. The van der Waals surface area contributed by atoms with Gasteiger partial charge in [-0.3, -0.25) is 0 Å². The van der Waals surface area contributed by atoms with E-state index in [1.54, 1.807) is 5.56 Å². The predicted octanol–water partition coefficient (Wildman–Crippen LogP) is 6.92. The maximum absolute atomic E-state index is 6.09. The largest absolute Gasteiger partial charge is 0.490 e. The maximum Gasteiger partial charge on any atom is 0.120 e. The molecule has 0 radical (unpaired) electrons. The second-order valence-electron chi connectivity index (χ2n) is 9.74. The van der Waals surface area contributed by atoms with Crippen LogP contribution in [-0.4, -0.2) is 19.3 Å². The van der Waals surface area contributed by atoms with Crippen LogP contribution >= 0.6 is 0 Å². The van der Waals surface area contributed by atoms with Crippen LogP contribution in [-0.2, 0) is 17.6 Å². The van der Waals surface area contributed by atoms with E-state index in [9.17, 15) is 0 Å². The molecule has 3 aliphatic rings. The Kier molecular flexibility index (Phi) is 7.71. The number of allylic oxidation sites excluding steroid dienone is 2. The first-order valence-corrected chi connectivity index (χ1v) is 12.3. The Morgan fingerprint density at radius 2 is 1.53 bits per heavy atom. The van der Waals surface area contributed by atoms with Gasteiger partial charge >= 0.3 is 0 Å². The summed E-state index contributed by atoms with van der Waals surface area (Å²) in [7, 11) is 0. The lowest BCUT2D eigenvalue weighted by molar-refractivity contribution is -0.0138. The minimum Gasteiger partial charge on any atom is -0.490 e. The number of ether oxygens (including phenoxy) is 2. The third kappa shape index (κ3) is 5.38. The number of benzene rings is 1. The zero-order valence-electron chi connectivity index (χ0n) is 19.0. The van der Waals surface area contributed by atoms with Crippen molar-refractivity contribution < 1.29 is 9.47 Å². The monoisotopic (exact) mass is 408 g/mol. The van der Waals surface area contributed by atoms with Crippen molar-refractivity contribution in [3.63, 3.8) is 0 Å². The minimum absolute atomic E-state index is 0.504. The first-order valence-electron chi connectivity index (χ1n) is 12.3. The quantitative estimate of drug-likeness (QED) is 0.456. The van der Waals surface area contributed by atoms with Gasteiger partial charge in [0, 0.05) is 0 Å². The van der Waals surface area contributed by atoms with Gasteiger partial charge in [-0.05, 0) is 119 Å². The van der Waals surface area contributed by atoms with E-state index < -0.39 is 0 Å². The van der Waals surface area contributed by atoms with Crippen molar-refractivity contribution in [3.8, 4) is 5.75 Å². The SMILES string of the molecule is CC=CCOc1ccc2c(c1)CCC(C1CCC3CC(OCC=CC)CCC3C1)C2. The van der Waals surface area contributed by atoms with Crippen LogP contribution in [0, 0.1) is 23.7 Å². The molecule has 0 N–H and O–H groups in total. The van der Waals surface area contributed by atoms with Crippen LogP contribution in [0.3, 0.4) is 0 Å². The van der Waals surface area contributed by atoms with Crippen molar-refractivity contribution in [2.24, 2.45) is 23.7 Å². The molecule has 0 amide bonds. The van der Waals surface area contributed by atoms with Crippen molar-refractivity contribution >= 4 is 0 Å². The van der Waals surface area contributed by atoms with Crippen molar-refractivity contribution in [2.45, 2.75) is 77.7 Å². The molecular weight excluding hydrogens is 368 g/mol. The third-order valence-corrected chi connectivity index (χ3v) is 7.96. The summed E-state index contributed by atoms with van der Waals surface area (Å²) >= 11 is 0. The van der Waals surface area contributed by atoms with Gasteiger partial charge in [-0.1, -0.05) is 30.4 Å². The standard InChI is InChI=1S/C28H40O2/c1-3-5-15-29-27-13-11-23-17-21(7-9-25(23)19-27)22-8-10-26-20-28(30-16-6-4-2)14-12-24(26)18-22/h3-6,11,13,19,21-22,24,26,28H,7-10,12,14-18,20H2,1-2H3. The average Bonchev–Trinajstić information content (AvgIpc) is 2.78. The topological polar surface area (TPSA) is 18.5 Å². The number of hydrogen-bond acceptors (Lipinski definition) is 2. The molecular formula is C28H40O2. The second kappa shape index (κ2) is 10.7. The summed E-state index contributed by atoms with van der Waals surface area (Å²) in [4.78, 5) is 0. The molecule has 1 aromatic carbocycles. The number of rotatable bonds is 7. The Balaban J connectivity index is 1.29. The zero-order valence-corrected chi connectivity index (χ0v) is 19.0. The van der Waals surface area contributed by atoms with Gasteiger partial charge in [0.25, 0.3) is 0 Å². The van der Waals surface area contributed by atoms with E-state index in [4.69, 9.17) is 9.47 Å². The van der Waals surface area contributed by atoms with Crippen molar-refractivity contribution in [2.75, 3.05) is 13.2 Å². The Labute approximate surface area is 183 Å². The number of hydrogen-bond donors (Lipinski definition) is 0. The molecule has 164 valence electrons. The summed E-state index contributed by atoms with van der Waals surface area (Å²) in [5, 5.41) is 0. The van der Waals surface area contributed by atoms with Gasteiger partial charge in [0.1, 0.15) is 12.4 Å². The molecule has 4 rings (SSSR count). The summed E-state index contributed by atoms with van der Waals surface area (Å²) in [5.74, 6) is 4.72. The Bertz CT molecular complexity index is 734. The van der Waals surface area contributed by atoms with Crippen LogP contribution in [0.4, 0.5) is 0 Å². The van der Waals surface area contributed by atoms with Crippen LogP contribution in [0.25, 0.3) is 0 Å². The van der Waals surface area contributed by atoms with Crippen molar-refractivity contribution in [3.05, 3.63) is 53.6 Å². The minimum atomic E-state index is 0.504. The van der Waals surface area contributed by atoms with E-state index in [1.165, 1.54) is 63.4 Å². The van der Waals surface area contributed by atoms with Crippen molar-refractivity contribution in [1.82, 2.24) is 0 Å². The normalized spacial score (nSPS) is 31.6. The molecule has 3 aliphatic carbocycles. The molecule has 0 aromatic heterocycles. The smallest absolute Gasteiger partial charge is 0.120 e. The first-order chi connectivity index (χ1) is 14.8. The first kappa shape index (κ1) is 21.7. The molecule has 1 aromatic rings. The third-order valence-electron chi connectivity index (χ3n) is 7.96. The molecule has 0 bridgehead atoms. The molecule has 2 nitrogen and oxygen atoms in total. The molecule has 30 heavy (non-hydrogen) atoms. The van der Waals surface area contributed by atoms with Gasteiger partial charge in [-0.15, -0.1) is 0 Å². The van der Waals surface area contributed by atoms with Crippen LogP contribution in [0.5, 0.6) is 5.75 Å². The lowest BCUT2D eigenvalue weighted by atomic mass is 9.62. The van der Waals surface area contributed by atoms with Crippen LogP contribution in [0.15, 0.2) is 42.5 Å². The molecule has 2 saturated carbocycles. The van der Waals surface area contributed by atoms with Crippen LogP contribution in [0.2, 0.25) is 0 Å².